The van der Waals surface area contributed by atoms with E-state index in [0.717, 1.165) is 0 Å². The largest absolute Gasteiger partial charge is 0.481 e. The first-order valence-corrected chi connectivity index (χ1v) is 6.56. The molecular weight excluding hydrogens is 264 g/mol. The average Bonchev–Trinajstić information content (AvgIpc) is 2.64. The topological polar surface area (TPSA) is 110 Å². The van der Waals surface area contributed by atoms with Crippen molar-refractivity contribution in [1.82, 2.24) is 9.78 Å². The molecular formula is C12H20N4O4. The fourth-order valence-electron chi connectivity index (χ4n) is 2.03. The monoisotopic (exact) mass is 284 g/mol. The van der Waals surface area contributed by atoms with Gasteiger partial charge in [-0.1, -0.05) is 0 Å². The van der Waals surface area contributed by atoms with Crippen molar-refractivity contribution in [3.8, 4) is 0 Å². The van der Waals surface area contributed by atoms with Gasteiger partial charge in [-0.2, -0.15) is 5.10 Å². The smallest absolute Gasteiger partial charge is 0.333 e. The normalized spacial score (nSPS) is 12.2. The summed E-state index contributed by atoms with van der Waals surface area (Å²) in [4.78, 5) is 21.1. The molecule has 0 aromatic carbocycles. The number of carbonyl (C=O) groups is 1. The van der Waals surface area contributed by atoms with Crippen molar-refractivity contribution >= 4 is 17.5 Å². The fourth-order valence-corrected chi connectivity index (χ4v) is 2.03. The molecule has 112 valence electrons. The van der Waals surface area contributed by atoms with Crippen LogP contribution in [0.4, 0.5) is 11.5 Å². The number of nitrogens with one attached hydrogen (secondary N) is 1. The lowest BCUT2D eigenvalue weighted by Crippen LogP contribution is -2.19. The zero-order valence-electron chi connectivity index (χ0n) is 11.9. The van der Waals surface area contributed by atoms with E-state index >= 15 is 0 Å². The molecule has 0 amide bonds. The highest BCUT2D eigenvalue weighted by Crippen LogP contribution is 2.29. The van der Waals surface area contributed by atoms with E-state index in [1.807, 2.05) is 13.8 Å². The Hall–Kier alpha value is -2.12. The van der Waals surface area contributed by atoms with Gasteiger partial charge in [0.1, 0.15) is 5.69 Å². The summed E-state index contributed by atoms with van der Waals surface area (Å²) >= 11 is 0. The van der Waals surface area contributed by atoms with E-state index in [-0.39, 0.29) is 18.2 Å². The summed E-state index contributed by atoms with van der Waals surface area (Å²) in [6.45, 7) is 5.85. The lowest BCUT2D eigenvalue weighted by Gasteiger charge is -2.14. The average molecular weight is 284 g/mol. The van der Waals surface area contributed by atoms with E-state index in [4.69, 9.17) is 5.11 Å². The van der Waals surface area contributed by atoms with Gasteiger partial charge >= 0.3 is 11.7 Å². The number of anilines is 1. The number of aliphatic carboxylic acids is 1. The van der Waals surface area contributed by atoms with E-state index in [1.54, 1.807) is 11.6 Å². The fraction of sp³-hybridized carbons (Fsp3) is 0.667. The molecule has 1 aromatic rings. The Balaban J connectivity index is 2.79. The van der Waals surface area contributed by atoms with Gasteiger partial charge in [0.15, 0.2) is 0 Å². The van der Waals surface area contributed by atoms with Crippen molar-refractivity contribution in [3.63, 3.8) is 0 Å². The summed E-state index contributed by atoms with van der Waals surface area (Å²) in [7, 11) is 0. The molecule has 0 fully saturated rings. The van der Waals surface area contributed by atoms with Crippen LogP contribution in [0.1, 0.15) is 38.8 Å². The predicted molar refractivity (Wildman–Crippen MR) is 73.9 cm³/mol. The second-order valence-corrected chi connectivity index (χ2v) is 4.69. The Bertz CT molecular complexity index is 498. The highest BCUT2D eigenvalue weighted by atomic mass is 16.6. The van der Waals surface area contributed by atoms with Gasteiger partial charge in [-0.05, 0) is 33.6 Å². The summed E-state index contributed by atoms with van der Waals surface area (Å²) in [5, 5.41) is 26.9. The standard InChI is InChI=1S/C12H20N4O4/c1-4-15-12(11(16(19)20)9(3)14-15)13-8(2)6-5-7-10(17)18/h8,13H,4-7H2,1-3H3,(H,17,18). The summed E-state index contributed by atoms with van der Waals surface area (Å²) < 4.78 is 1.56. The number of rotatable bonds is 8. The van der Waals surface area contributed by atoms with Gasteiger partial charge in [-0.3, -0.25) is 14.9 Å². The van der Waals surface area contributed by atoms with Gasteiger partial charge in [-0.15, -0.1) is 0 Å². The van der Waals surface area contributed by atoms with Gasteiger partial charge in [0.05, 0.1) is 4.92 Å². The van der Waals surface area contributed by atoms with Crippen molar-refractivity contribution < 1.29 is 14.8 Å². The maximum atomic E-state index is 11.1. The van der Waals surface area contributed by atoms with E-state index < -0.39 is 10.9 Å². The summed E-state index contributed by atoms with van der Waals surface area (Å²) in [5.74, 6) is -0.449. The van der Waals surface area contributed by atoms with E-state index in [2.05, 4.69) is 10.4 Å². The Morgan fingerprint density at radius 3 is 2.75 bits per heavy atom. The number of hydrogen-bond acceptors (Lipinski definition) is 5. The van der Waals surface area contributed by atoms with Crippen LogP contribution in [0.25, 0.3) is 0 Å². The van der Waals surface area contributed by atoms with Crippen LogP contribution in [0.5, 0.6) is 0 Å². The molecule has 0 aliphatic carbocycles. The first-order chi connectivity index (χ1) is 9.36. The third kappa shape index (κ3) is 3.94. The molecule has 0 radical (unpaired) electrons. The molecule has 0 aliphatic rings. The van der Waals surface area contributed by atoms with Gasteiger partial charge < -0.3 is 10.4 Å². The molecule has 0 aliphatic heterocycles. The SMILES string of the molecule is CCn1nc(C)c([N+](=O)[O-])c1NC(C)CCCC(=O)O. The summed E-state index contributed by atoms with van der Waals surface area (Å²) in [6.07, 6.45) is 1.24. The van der Waals surface area contributed by atoms with Crippen LogP contribution in [-0.2, 0) is 11.3 Å². The minimum atomic E-state index is -0.836. The van der Waals surface area contributed by atoms with Crippen molar-refractivity contribution in [1.29, 1.82) is 0 Å². The number of nitrogens with zero attached hydrogens (tertiary/aromatic N) is 3. The number of nitro groups is 1. The van der Waals surface area contributed by atoms with Gasteiger partial charge in [0.25, 0.3) is 0 Å². The Morgan fingerprint density at radius 2 is 2.25 bits per heavy atom. The molecule has 0 bridgehead atoms. The third-order valence-electron chi connectivity index (χ3n) is 2.99. The minimum absolute atomic E-state index is 0.0167. The van der Waals surface area contributed by atoms with E-state index in [9.17, 15) is 14.9 Å². The van der Waals surface area contributed by atoms with Crippen LogP contribution in [0.2, 0.25) is 0 Å². The molecule has 20 heavy (non-hydrogen) atoms. The number of carboxylic acids is 1. The Morgan fingerprint density at radius 1 is 1.60 bits per heavy atom. The molecule has 0 saturated carbocycles. The summed E-state index contributed by atoms with van der Waals surface area (Å²) in [6, 6.07) is -0.0607. The highest BCUT2D eigenvalue weighted by molar-refractivity contribution is 5.66. The molecule has 1 atom stereocenters. The third-order valence-corrected chi connectivity index (χ3v) is 2.99. The second kappa shape index (κ2) is 6.88. The van der Waals surface area contributed by atoms with E-state index in [1.165, 1.54) is 0 Å². The maximum absolute atomic E-state index is 11.1. The highest BCUT2D eigenvalue weighted by Gasteiger charge is 2.25. The number of aromatic nitrogens is 2. The summed E-state index contributed by atoms with van der Waals surface area (Å²) in [5.41, 5.74) is 0.356. The molecule has 0 saturated heterocycles. The van der Waals surface area contributed by atoms with Crippen LogP contribution in [-0.4, -0.2) is 31.8 Å². The number of aryl methyl sites for hydroxylation is 2. The van der Waals surface area contributed by atoms with Gasteiger partial charge in [0, 0.05) is 19.0 Å². The molecule has 1 aromatic heterocycles. The number of carboxylic acid groups (broad SMARTS) is 1. The van der Waals surface area contributed by atoms with Crippen LogP contribution < -0.4 is 5.32 Å². The lowest BCUT2D eigenvalue weighted by molar-refractivity contribution is -0.384. The first kappa shape index (κ1) is 15.9. The van der Waals surface area contributed by atoms with E-state index in [0.29, 0.717) is 30.9 Å². The first-order valence-electron chi connectivity index (χ1n) is 6.56. The Kier molecular flexibility index (Phi) is 5.48. The predicted octanol–water partition coefficient (Wildman–Crippen LogP) is 2.17. The van der Waals surface area contributed by atoms with Crippen molar-refractivity contribution in [2.45, 2.75) is 52.6 Å². The minimum Gasteiger partial charge on any atom is -0.481 e. The van der Waals surface area contributed by atoms with Gasteiger partial charge in [0.2, 0.25) is 5.82 Å². The number of hydrogen-bond donors (Lipinski definition) is 2. The van der Waals surface area contributed by atoms with Crippen molar-refractivity contribution in [2.24, 2.45) is 0 Å². The molecule has 2 N–H and O–H groups in total. The quantitative estimate of drug-likeness (QED) is 0.559. The maximum Gasteiger partial charge on any atom is 0.333 e. The van der Waals surface area contributed by atoms with Crippen LogP contribution in [0.3, 0.4) is 0 Å². The molecule has 0 spiro atoms. The zero-order valence-corrected chi connectivity index (χ0v) is 11.9. The molecule has 8 nitrogen and oxygen atoms in total. The van der Waals surface area contributed by atoms with Crippen LogP contribution in [0.15, 0.2) is 0 Å². The molecule has 1 unspecified atom stereocenters. The zero-order chi connectivity index (χ0) is 15.3. The van der Waals surface area contributed by atoms with Gasteiger partial charge in [-0.25, -0.2) is 4.68 Å². The van der Waals surface area contributed by atoms with Crippen LogP contribution >= 0.6 is 0 Å². The molecule has 1 rings (SSSR count). The van der Waals surface area contributed by atoms with Crippen molar-refractivity contribution in [2.75, 3.05) is 5.32 Å². The molecule has 8 heteroatoms. The second-order valence-electron chi connectivity index (χ2n) is 4.69. The van der Waals surface area contributed by atoms with Crippen LogP contribution in [0, 0.1) is 17.0 Å². The Labute approximate surface area is 116 Å². The lowest BCUT2D eigenvalue weighted by atomic mass is 10.1. The molecule has 1 heterocycles. The van der Waals surface area contributed by atoms with Crippen molar-refractivity contribution in [3.05, 3.63) is 15.8 Å².